The molecular weight excluding hydrogens is 647 g/mol. The van der Waals surface area contributed by atoms with E-state index in [9.17, 15) is 9.90 Å². The smallest absolute Gasteiger partial charge is 0.315 e. The molecule has 0 spiro atoms. The molecule has 286 valence electrons. The van der Waals surface area contributed by atoms with Gasteiger partial charge >= 0.3 is 6.03 Å². The van der Waals surface area contributed by atoms with E-state index in [-0.39, 0.29) is 30.8 Å². The average Bonchev–Trinajstić information content (AvgIpc) is 3.17. The van der Waals surface area contributed by atoms with Gasteiger partial charge in [-0.3, -0.25) is 0 Å². The minimum Gasteiger partial charge on any atom is -0.392 e. The summed E-state index contributed by atoms with van der Waals surface area (Å²) in [6.45, 7) is 13.0. The summed E-state index contributed by atoms with van der Waals surface area (Å²) in [7, 11) is 0. The molecule has 4 atom stereocenters. The van der Waals surface area contributed by atoms with Crippen molar-refractivity contribution in [3.05, 3.63) is 95.1 Å². The van der Waals surface area contributed by atoms with Crippen LogP contribution in [0.25, 0.3) is 11.1 Å². The Bertz CT molecular complexity index is 1400. The average molecular weight is 714 g/mol. The fraction of sp³-hybridized carbons (Fsp3) is 0.578. The maximum absolute atomic E-state index is 11.9. The molecule has 4 rings (SSSR count). The molecule has 7 nitrogen and oxygen atoms in total. The Morgan fingerprint density at radius 3 is 1.92 bits per heavy atom. The molecule has 52 heavy (non-hydrogen) atoms. The van der Waals surface area contributed by atoms with Crippen molar-refractivity contribution < 1.29 is 19.4 Å². The van der Waals surface area contributed by atoms with Gasteiger partial charge in [0.15, 0.2) is 6.29 Å². The first-order valence-corrected chi connectivity index (χ1v) is 20.4. The Kier molecular flexibility index (Phi) is 18.7. The molecule has 0 aromatic heterocycles. The number of carbonyl (C=O) groups is 1. The van der Waals surface area contributed by atoms with Gasteiger partial charge < -0.3 is 30.1 Å². The molecule has 0 saturated carbocycles. The van der Waals surface area contributed by atoms with Crippen LogP contribution >= 0.6 is 0 Å². The van der Waals surface area contributed by atoms with Crippen molar-refractivity contribution in [1.82, 2.24) is 15.5 Å². The molecule has 3 aromatic carbocycles. The zero-order chi connectivity index (χ0) is 37.0. The van der Waals surface area contributed by atoms with Gasteiger partial charge in [0.2, 0.25) is 0 Å². The Morgan fingerprint density at radius 1 is 0.692 bits per heavy atom. The normalized spacial score (nSPS) is 18.8. The van der Waals surface area contributed by atoms with E-state index in [0.717, 1.165) is 53.0 Å². The van der Waals surface area contributed by atoms with Crippen molar-refractivity contribution in [2.75, 3.05) is 26.2 Å². The standard InChI is InChI=1S/C45H67N3O4/c1-5-8-10-12-14-16-29-48(30-17-15-13-11-9-6-2)33-42-35(4)43(39-23-21-36(34-49)22-24-39)52-44(51-42)40-27-25-38(26-28-40)41-20-18-19-37(31-41)32-47-45(50)46-7-3/h18-28,31,35,42-44,49H,5-17,29-30,32-34H2,1-4H3,(H2,46,47,50)/t35-,42+,43+,44+/m1/s1. The molecule has 3 aromatic rings. The highest BCUT2D eigenvalue weighted by Gasteiger charge is 2.39. The minimum atomic E-state index is -0.490. The van der Waals surface area contributed by atoms with Gasteiger partial charge in [0.25, 0.3) is 0 Å². The molecular formula is C45H67N3O4. The summed E-state index contributed by atoms with van der Waals surface area (Å²) >= 11 is 0. The van der Waals surface area contributed by atoms with Crippen molar-refractivity contribution in [3.8, 4) is 11.1 Å². The molecule has 1 aliphatic rings. The number of carbonyl (C=O) groups excluding carboxylic acids is 1. The predicted molar refractivity (Wildman–Crippen MR) is 214 cm³/mol. The molecule has 1 aliphatic heterocycles. The maximum Gasteiger partial charge on any atom is 0.315 e. The molecule has 1 fully saturated rings. The van der Waals surface area contributed by atoms with Crippen molar-refractivity contribution in [2.45, 2.75) is 136 Å². The zero-order valence-electron chi connectivity index (χ0n) is 32.6. The number of amides is 2. The molecule has 0 radical (unpaired) electrons. The van der Waals surface area contributed by atoms with Crippen molar-refractivity contribution in [2.24, 2.45) is 5.92 Å². The SMILES string of the molecule is CCCCCCCCN(CCCCCCCC)C[C@@H]1O[C@H](c2ccc(-c3cccc(CNC(=O)NCC)c3)cc2)O[C@H](c2ccc(CO)cc2)[C@@H]1C. The third-order valence-electron chi connectivity index (χ3n) is 10.5. The first kappa shape index (κ1) is 41.5. The number of aliphatic hydroxyl groups excluding tert-OH is 1. The highest BCUT2D eigenvalue weighted by Crippen LogP contribution is 2.42. The van der Waals surface area contributed by atoms with E-state index in [1.54, 1.807) is 0 Å². The van der Waals surface area contributed by atoms with Crippen molar-refractivity contribution >= 4 is 6.03 Å². The predicted octanol–water partition coefficient (Wildman–Crippen LogP) is 10.5. The highest BCUT2D eigenvalue weighted by atomic mass is 16.7. The third-order valence-corrected chi connectivity index (χ3v) is 10.5. The van der Waals surface area contributed by atoms with Gasteiger partial charge in [0, 0.05) is 31.1 Å². The number of benzene rings is 3. The highest BCUT2D eigenvalue weighted by molar-refractivity contribution is 5.73. The number of unbranched alkanes of at least 4 members (excludes halogenated alkanes) is 10. The zero-order valence-corrected chi connectivity index (χ0v) is 32.6. The summed E-state index contributed by atoms with van der Waals surface area (Å²) < 4.78 is 13.7. The number of hydrogen-bond donors (Lipinski definition) is 3. The van der Waals surface area contributed by atoms with Crippen molar-refractivity contribution in [1.29, 1.82) is 0 Å². The van der Waals surface area contributed by atoms with Gasteiger partial charge in [-0.15, -0.1) is 0 Å². The van der Waals surface area contributed by atoms with E-state index in [2.05, 4.69) is 84.8 Å². The van der Waals surface area contributed by atoms with Crippen LogP contribution in [0.2, 0.25) is 0 Å². The van der Waals surface area contributed by atoms with E-state index < -0.39 is 6.29 Å². The summed E-state index contributed by atoms with van der Waals surface area (Å²) in [5, 5.41) is 15.4. The van der Waals surface area contributed by atoms with Crippen LogP contribution < -0.4 is 10.6 Å². The van der Waals surface area contributed by atoms with Crippen LogP contribution in [0, 0.1) is 5.92 Å². The number of nitrogens with zero attached hydrogens (tertiary/aromatic N) is 1. The summed E-state index contributed by atoms with van der Waals surface area (Å²) in [5.41, 5.74) is 6.27. The Morgan fingerprint density at radius 2 is 1.31 bits per heavy atom. The second kappa shape index (κ2) is 23.4. The van der Waals surface area contributed by atoms with Gasteiger partial charge in [0.05, 0.1) is 18.8 Å². The number of hydrogen-bond acceptors (Lipinski definition) is 5. The van der Waals surface area contributed by atoms with Gasteiger partial charge in [-0.05, 0) is 66.7 Å². The van der Waals surface area contributed by atoms with E-state index in [0.29, 0.717) is 13.1 Å². The molecule has 2 amide bonds. The Labute approximate surface area is 314 Å². The number of nitrogens with one attached hydrogen (secondary N) is 2. The van der Waals surface area contributed by atoms with E-state index in [1.807, 2.05) is 31.2 Å². The minimum absolute atomic E-state index is 0.00946. The van der Waals surface area contributed by atoms with E-state index in [4.69, 9.17) is 9.47 Å². The molecule has 3 N–H and O–H groups in total. The van der Waals surface area contributed by atoms with Crippen LogP contribution in [0.4, 0.5) is 4.79 Å². The Hall–Kier alpha value is -3.23. The van der Waals surface area contributed by atoms with Gasteiger partial charge in [-0.1, -0.05) is 152 Å². The lowest BCUT2D eigenvalue weighted by atomic mass is 9.89. The van der Waals surface area contributed by atoms with Gasteiger partial charge in [-0.25, -0.2) is 4.79 Å². The molecule has 0 unspecified atom stereocenters. The quantitative estimate of drug-likeness (QED) is 0.0852. The fourth-order valence-electron chi connectivity index (χ4n) is 7.21. The second-order valence-electron chi connectivity index (χ2n) is 14.7. The largest absolute Gasteiger partial charge is 0.392 e. The summed E-state index contributed by atoms with van der Waals surface area (Å²) in [6, 6.07) is 24.9. The number of aliphatic hydroxyl groups is 1. The van der Waals surface area contributed by atoms with E-state index in [1.165, 1.54) is 77.0 Å². The molecule has 1 saturated heterocycles. The van der Waals surface area contributed by atoms with Crippen LogP contribution in [-0.2, 0) is 22.6 Å². The second-order valence-corrected chi connectivity index (χ2v) is 14.7. The molecule has 0 bridgehead atoms. The van der Waals surface area contributed by atoms with Gasteiger partial charge in [-0.2, -0.15) is 0 Å². The molecule has 1 heterocycles. The fourth-order valence-corrected chi connectivity index (χ4v) is 7.21. The summed E-state index contributed by atoms with van der Waals surface area (Å²) in [4.78, 5) is 14.6. The van der Waals surface area contributed by atoms with Crippen LogP contribution in [0.5, 0.6) is 0 Å². The Balaban J connectivity index is 1.50. The monoisotopic (exact) mass is 714 g/mol. The lowest BCUT2D eigenvalue weighted by molar-refractivity contribution is -0.276. The summed E-state index contributed by atoms with van der Waals surface area (Å²) in [5.74, 6) is 0.155. The lowest BCUT2D eigenvalue weighted by Gasteiger charge is -2.43. The number of ether oxygens (including phenoxy) is 2. The van der Waals surface area contributed by atoms with Crippen LogP contribution in [0.1, 0.15) is 139 Å². The number of rotatable bonds is 23. The topological polar surface area (TPSA) is 83.1 Å². The first-order valence-electron chi connectivity index (χ1n) is 20.4. The molecule has 0 aliphatic carbocycles. The summed E-state index contributed by atoms with van der Waals surface area (Å²) in [6.07, 6.45) is 15.0. The van der Waals surface area contributed by atoms with Crippen LogP contribution in [0.3, 0.4) is 0 Å². The van der Waals surface area contributed by atoms with E-state index >= 15 is 0 Å². The number of urea groups is 1. The van der Waals surface area contributed by atoms with Gasteiger partial charge in [0.1, 0.15) is 0 Å². The van der Waals surface area contributed by atoms with Crippen LogP contribution in [-0.4, -0.2) is 48.3 Å². The third kappa shape index (κ3) is 13.6. The maximum atomic E-state index is 11.9. The van der Waals surface area contributed by atoms with Crippen molar-refractivity contribution in [3.63, 3.8) is 0 Å². The molecule has 7 heteroatoms. The van der Waals surface area contributed by atoms with Crippen LogP contribution in [0.15, 0.2) is 72.8 Å². The first-order chi connectivity index (χ1) is 25.4. The lowest BCUT2D eigenvalue weighted by Crippen LogP contribution is -2.45.